The molecule has 0 aromatic heterocycles. The Morgan fingerprint density at radius 1 is 0.591 bits per heavy atom. The molecule has 0 N–H and O–H groups in total. The van der Waals surface area contributed by atoms with Crippen LogP contribution in [0.2, 0.25) is 19.6 Å². The van der Waals surface area contributed by atoms with Crippen molar-refractivity contribution in [1.82, 2.24) is 0 Å². The van der Waals surface area contributed by atoms with E-state index in [0.717, 1.165) is 0 Å². The summed E-state index contributed by atoms with van der Waals surface area (Å²) < 4.78 is 0. The van der Waals surface area contributed by atoms with Gasteiger partial charge in [0.25, 0.3) is 0 Å². The van der Waals surface area contributed by atoms with Gasteiger partial charge in [-0.1, -0.05) is 19.6 Å². The molecule has 22 heavy (non-hydrogen) atoms. The van der Waals surface area contributed by atoms with Crippen LogP contribution in [-0.2, 0) is 21.1 Å². The number of rotatable bonds is 1. The summed E-state index contributed by atoms with van der Waals surface area (Å²) in [5.41, 5.74) is 0. The molecule has 0 aliphatic heterocycles. The second kappa shape index (κ2) is 12.3. The van der Waals surface area contributed by atoms with E-state index in [2.05, 4.69) is 56.0 Å². The summed E-state index contributed by atoms with van der Waals surface area (Å²) in [5, 5.41) is 1.56. The van der Waals surface area contributed by atoms with Gasteiger partial charge in [0, 0.05) is 29.1 Å². The molecule has 0 fully saturated rings. The van der Waals surface area contributed by atoms with Crippen molar-refractivity contribution in [3.05, 3.63) is 97.1 Å². The maximum Gasteiger partial charge on any atom is 0.0147 e. The minimum absolute atomic E-state index is 0. The molecule has 0 heterocycles. The zero-order valence-corrected chi connectivity index (χ0v) is 16.7. The topological polar surface area (TPSA) is 0 Å². The Hall–Kier alpha value is -1.30. The molecule has 0 amide bonds. The molecular formula is C20H23PtSi-3. The van der Waals surface area contributed by atoms with Crippen molar-refractivity contribution in [3.8, 4) is 0 Å². The molecule has 0 spiro atoms. The fourth-order valence-electron chi connectivity index (χ4n) is 1.56. The summed E-state index contributed by atoms with van der Waals surface area (Å²) in [6, 6.07) is 33.7. The molecule has 0 radical (unpaired) electrons. The molecule has 0 aliphatic rings. The van der Waals surface area contributed by atoms with Crippen molar-refractivity contribution < 1.29 is 21.1 Å². The van der Waals surface area contributed by atoms with Crippen LogP contribution in [0, 0.1) is 12.1 Å². The predicted octanol–water partition coefficient (Wildman–Crippen LogP) is 4.92. The second-order valence-corrected chi connectivity index (χ2v) is 10.7. The first-order valence-corrected chi connectivity index (χ1v) is 10.6. The van der Waals surface area contributed by atoms with E-state index >= 15 is 0 Å². The Balaban J connectivity index is 0.000000303. The molecule has 0 atom stereocenters. The van der Waals surface area contributed by atoms with E-state index in [0.29, 0.717) is 0 Å². The molecular weight excluding hydrogens is 463 g/mol. The van der Waals surface area contributed by atoms with Gasteiger partial charge in [0.1, 0.15) is 0 Å². The van der Waals surface area contributed by atoms with Crippen LogP contribution in [0.3, 0.4) is 0 Å². The average Bonchev–Trinajstić information content (AvgIpc) is 3.07. The van der Waals surface area contributed by atoms with E-state index in [1.807, 2.05) is 60.7 Å². The summed E-state index contributed by atoms with van der Waals surface area (Å²) in [4.78, 5) is 0. The summed E-state index contributed by atoms with van der Waals surface area (Å²) in [5.74, 6) is 0. The standard InChI is InChI=1S/C8H13Si.2C6H5.Pt/c1-9(2,3)8-6-4-5-7-8;2*1-2-4-6-5-3-1;/h4-7H,1-3H3;2*1-5H;/q3*-1;. The molecule has 3 aromatic carbocycles. The van der Waals surface area contributed by atoms with Gasteiger partial charge in [-0.25, -0.2) is 12.1 Å². The Morgan fingerprint density at radius 3 is 1.09 bits per heavy atom. The Bertz CT molecular complexity index is 454. The SMILES string of the molecule is C[Si](C)(C)[c-]1cccc1.[Pt].[c-]1ccccc1.[c-]1ccccc1. The quantitative estimate of drug-likeness (QED) is 0.338. The van der Waals surface area contributed by atoms with Gasteiger partial charge >= 0.3 is 0 Å². The number of benzene rings is 2. The van der Waals surface area contributed by atoms with Crippen molar-refractivity contribution in [3.63, 3.8) is 0 Å². The zero-order chi connectivity index (χ0) is 15.4. The third kappa shape index (κ3) is 10.4. The molecule has 120 valence electrons. The van der Waals surface area contributed by atoms with E-state index in [9.17, 15) is 0 Å². The molecule has 0 nitrogen and oxygen atoms in total. The Morgan fingerprint density at radius 2 is 0.955 bits per heavy atom. The molecule has 0 aliphatic carbocycles. The monoisotopic (exact) mass is 486 g/mol. The fourth-order valence-corrected chi connectivity index (χ4v) is 2.75. The summed E-state index contributed by atoms with van der Waals surface area (Å²) >= 11 is 0. The van der Waals surface area contributed by atoms with E-state index in [4.69, 9.17) is 0 Å². The predicted molar refractivity (Wildman–Crippen MR) is 95.6 cm³/mol. The van der Waals surface area contributed by atoms with Crippen molar-refractivity contribution in [2.45, 2.75) is 19.6 Å². The second-order valence-electron chi connectivity index (χ2n) is 5.58. The van der Waals surface area contributed by atoms with Gasteiger partial charge in [-0.2, -0.15) is 90.1 Å². The van der Waals surface area contributed by atoms with Crippen LogP contribution in [0.15, 0.2) is 84.9 Å². The van der Waals surface area contributed by atoms with E-state index < -0.39 is 8.07 Å². The van der Waals surface area contributed by atoms with Gasteiger partial charge in [-0.05, 0) is 0 Å². The fraction of sp³-hybridized carbons (Fsp3) is 0.150. The van der Waals surface area contributed by atoms with Gasteiger partial charge in [0.05, 0.1) is 0 Å². The van der Waals surface area contributed by atoms with Gasteiger partial charge in [-0.3, -0.25) is 0 Å². The molecule has 0 unspecified atom stereocenters. The third-order valence-electron chi connectivity index (χ3n) is 2.74. The Kier molecular flexibility index (Phi) is 11.5. The van der Waals surface area contributed by atoms with E-state index in [-0.39, 0.29) is 21.1 Å². The molecule has 0 saturated heterocycles. The van der Waals surface area contributed by atoms with Crippen LogP contribution in [0.4, 0.5) is 0 Å². The number of hydrogen-bond acceptors (Lipinski definition) is 0. The first-order valence-electron chi connectivity index (χ1n) is 7.15. The molecule has 3 rings (SSSR count). The van der Waals surface area contributed by atoms with Gasteiger partial charge in [0.15, 0.2) is 0 Å². The Labute approximate surface area is 150 Å². The summed E-state index contributed by atoms with van der Waals surface area (Å²) in [6.07, 6.45) is 0. The minimum Gasteiger partial charge on any atom is -0.214 e. The van der Waals surface area contributed by atoms with E-state index in [1.165, 1.54) is 0 Å². The van der Waals surface area contributed by atoms with Crippen LogP contribution < -0.4 is 5.19 Å². The first kappa shape index (κ1) is 20.7. The van der Waals surface area contributed by atoms with Crippen molar-refractivity contribution in [2.24, 2.45) is 0 Å². The van der Waals surface area contributed by atoms with Gasteiger partial charge in [-0.15, -0.1) is 0 Å². The van der Waals surface area contributed by atoms with Crippen molar-refractivity contribution in [2.75, 3.05) is 0 Å². The summed E-state index contributed by atoms with van der Waals surface area (Å²) in [7, 11) is -0.981. The van der Waals surface area contributed by atoms with E-state index in [1.54, 1.807) is 5.19 Å². The zero-order valence-electron chi connectivity index (χ0n) is 13.4. The largest absolute Gasteiger partial charge is 0.214 e. The van der Waals surface area contributed by atoms with Gasteiger partial charge in [0.2, 0.25) is 0 Å². The first-order chi connectivity index (χ1) is 10.1. The van der Waals surface area contributed by atoms with Crippen LogP contribution in [-0.4, -0.2) is 8.07 Å². The molecule has 3 aromatic rings. The third-order valence-corrected chi connectivity index (χ3v) is 4.81. The van der Waals surface area contributed by atoms with Gasteiger partial charge < -0.3 is 0 Å². The maximum atomic E-state index is 2.89. The molecule has 0 saturated carbocycles. The van der Waals surface area contributed by atoms with Crippen LogP contribution in [0.25, 0.3) is 0 Å². The van der Waals surface area contributed by atoms with Crippen molar-refractivity contribution >= 4 is 13.3 Å². The minimum atomic E-state index is -0.981. The smallest absolute Gasteiger partial charge is 0.0147 e. The normalized spacial score (nSPS) is 9.23. The van der Waals surface area contributed by atoms with Crippen LogP contribution in [0.1, 0.15) is 0 Å². The average molecular weight is 487 g/mol. The number of hydrogen-bond donors (Lipinski definition) is 0. The molecule has 2 heteroatoms. The van der Waals surface area contributed by atoms with Crippen LogP contribution in [0.5, 0.6) is 0 Å². The van der Waals surface area contributed by atoms with Crippen molar-refractivity contribution in [1.29, 1.82) is 0 Å². The summed E-state index contributed by atoms with van der Waals surface area (Å²) in [6.45, 7) is 7.09. The van der Waals surface area contributed by atoms with Crippen LogP contribution >= 0.6 is 0 Å². The molecule has 0 bridgehead atoms. The maximum absolute atomic E-state index is 2.89.